The molecule has 0 aromatic heterocycles. The van der Waals surface area contributed by atoms with Crippen molar-refractivity contribution in [3.63, 3.8) is 0 Å². The van der Waals surface area contributed by atoms with Gasteiger partial charge in [0.25, 0.3) is 5.91 Å². The number of likely N-dealkylation sites (tertiary alicyclic amines) is 1. The molecule has 1 atom stereocenters. The highest BCUT2D eigenvalue weighted by molar-refractivity contribution is 7.90. The summed E-state index contributed by atoms with van der Waals surface area (Å²) in [6, 6.07) is 11.3. The molecule has 2 N–H and O–H groups in total. The van der Waals surface area contributed by atoms with E-state index in [1.165, 1.54) is 30.3 Å². The van der Waals surface area contributed by atoms with E-state index in [-0.39, 0.29) is 22.3 Å². The summed E-state index contributed by atoms with van der Waals surface area (Å²) in [4.78, 5) is 26.7. The fraction of sp³-hybridized carbons (Fsp3) is 0.333. The van der Waals surface area contributed by atoms with E-state index in [0.29, 0.717) is 25.3 Å². The molecule has 9 heteroatoms. The van der Waals surface area contributed by atoms with Crippen LogP contribution in [0.15, 0.2) is 53.4 Å². The highest BCUT2D eigenvalue weighted by Crippen LogP contribution is 2.22. The fourth-order valence-electron chi connectivity index (χ4n) is 3.53. The second kappa shape index (κ2) is 9.25. The number of amides is 3. The Morgan fingerprint density at radius 1 is 1.17 bits per heavy atom. The third-order valence-corrected chi connectivity index (χ3v) is 6.11. The van der Waals surface area contributed by atoms with Gasteiger partial charge in [-0.1, -0.05) is 18.2 Å². The summed E-state index contributed by atoms with van der Waals surface area (Å²) < 4.78 is 37.2. The van der Waals surface area contributed by atoms with E-state index in [9.17, 15) is 22.4 Å². The van der Waals surface area contributed by atoms with E-state index in [1.54, 1.807) is 23.1 Å². The molecular weight excluding hydrogens is 409 g/mol. The zero-order valence-electron chi connectivity index (χ0n) is 16.6. The van der Waals surface area contributed by atoms with Gasteiger partial charge in [0, 0.05) is 31.6 Å². The molecule has 7 nitrogen and oxygen atoms in total. The predicted octanol–water partition coefficient (Wildman–Crippen LogP) is 2.90. The molecule has 0 saturated carbocycles. The monoisotopic (exact) mass is 433 g/mol. The summed E-state index contributed by atoms with van der Waals surface area (Å²) >= 11 is 0. The van der Waals surface area contributed by atoms with Crippen molar-refractivity contribution in [2.24, 2.45) is 5.92 Å². The van der Waals surface area contributed by atoms with Crippen LogP contribution in [-0.4, -0.2) is 51.1 Å². The Morgan fingerprint density at radius 3 is 2.67 bits per heavy atom. The minimum absolute atomic E-state index is 0.0183. The Bertz CT molecular complexity index is 1040. The number of hydrogen-bond acceptors (Lipinski definition) is 4. The molecule has 160 valence electrons. The van der Waals surface area contributed by atoms with Gasteiger partial charge in [-0.15, -0.1) is 0 Å². The summed E-state index contributed by atoms with van der Waals surface area (Å²) in [6.45, 7) is 1.29. The summed E-state index contributed by atoms with van der Waals surface area (Å²) in [5, 5.41) is 5.32. The number of halogens is 1. The van der Waals surface area contributed by atoms with Gasteiger partial charge < -0.3 is 15.5 Å². The van der Waals surface area contributed by atoms with Gasteiger partial charge in [0.05, 0.1) is 10.5 Å². The number of urea groups is 1. The third-order valence-electron chi connectivity index (χ3n) is 4.96. The smallest absolute Gasteiger partial charge is 0.319 e. The standard InChI is InChI=1S/C21H24FN3O4S/c1-30(28,29)19-10-3-2-9-18(19)20(26)25-11-5-6-15(14-25)13-23-21(27)24-17-8-4-7-16(22)12-17/h2-4,7-10,12,15H,5-6,11,13-14H2,1H3,(H2,23,24,27). The topological polar surface area (TPSA) is 95.6 Å². The van der Waals surface area contributed by atoms with Crippen LogP contribution < -0.4 is 10.6 Å². The molecule has 3 amide bonds. The molecular formula is C21H24FN3O4S. The lowest BCUT2D eigenvalue weighted by atomic mass is 9.97. The summed E-state index contributed by atoms with van der Waals surface area (Å²) in [6.07, 6.45) is 2.67. The van der Waals surface area contributed by atoms with Crippen molar-refractivity contribution in [3.05, 3.63) is 59.9 Å². The maximum atomic E-state index is 13.2. The largest absolute Gasteiger partial charge is 0.338 e. The van der Waals surface area contributed by atoms with Crippen molar-refractivity contribution in [2.45, 2.75) is 17.7 Å². The molecule has 2 aromatic carbocycles. The number of sulfone groups is 1. The zero-order valence-corrected chi connectivity index (χ0v) is 17.4. The van der Waals surface area contributed by atoms with Gasteiger partial charge in [-0.2, -0.15) is 0 Å². The first-order chi connectivity index (χ1) is 14.2. The first-order valence-corrected chi connectivity index (χ1v) is 11.5. The third kappa shape index (κ3) is 5.56. The van der Waals surface area contributed by atoms with Crippen LogP contribution in [0.25, 0.3) is 0 Å². The molecule has 0 radical (unpaired) electrons. The Morgan fingerprint density at radius 2 is 1.93 bits per heavy atom. The SMILES string of the molecule is CS(=O)(=O)c1ccccc1C(=O)N1CCCC(CNC(=O)Nc2cccc(F)c2)C1. The number of hydrogen-bond donors (Lipinski definition) is 2. The fourth-order valence-corrected chi connectivity index (χ4v) is 4.41. The number of piperidine rings is 1. The van der Waals surface area contributed by atoms with Gasteiger partial charge in [0.15, 0.2) is 9.84 Å². The number of rotatable bonds is 5. The Labute approximate surface area is 175 Å². The molecule has 0 aliphatic carbocycles. The highest BCUT2D eigenvalue weighted by Gasteiger charge is 2.27. The highest BCUT2D eigenvalue weighted by atomic mass is 32.2. The molecule has 1 fully saturated rings. The average molecular weight is 434 g/mol. The van der Waals surface area contributed by atoms with Gasteiger partial charge in [-0.05, 0) is 49.1 Å². The minimum atomic E-state index is -3.52. The molecule has 1 unspecified atom stereocenters. The molecule has 3 rings (SSSR count). The van der Waals surface area contributed by atoms with Crippen molar-refractivity contribution >= 4 is 27.5 Å². The maximum absolute atomic E-state index is 13.2. The lowest BCUT2D eigenvalue weighted by Gasteiger charge is -2.33. The molecule has 0 bridgehead atoms. The van der Waals surface area contributed by atoms with Crippen LogP contribution in [0.3, 0.4) is 0 Å². The maximum Gasteiger partial charge on any atom is 0.319 e. The molecule has 1 aliphatic rings. The van der Waals surface area contributed by atoms with E-state index in [2.05, 4.69) is 10.6 Å². The van der Waals surface area contributed by atoms with Gasteiger partial charge in [-0.25, -0.2) is 17.6 Å². The van der Waals surface area contributed by atoms with Crippen LogP contribution in [0, 0.1) is 11.7 Å². The normalized spacial score (nSPS) is 16.7. The molecule has 30 heavy (non-hydrogen) atoms. The van der Waals surface area contributed by atoms with Crippen LogP contribution in [0.1, 0.15) is 23.2 Å². The predicted molar refractivity (Wildman–Crippen MR) is 112 cm³/mol. The lowest BCUT2D eigenvalue weighted by molar-refractivity contribution is 0.0671. The Hall–Kier alpha value is -2.94. The molecule has 1 heterocycles. The first-order valence-electron chi connectivity index (χ1n) is 9.63. The van der Waals surface area contributed by atoms with Gasteiger partial charge in [0.2, 0.25) is 0 Å². The second-order valence-corrected chi connectivity index (χ2v) is 9.36. The zero-order chi connectivity index (χ0) is 21.7. The number of anilines is 1. The Kier molecular flexibility index (Phi) is 6.71. The molecule has 2 aromatic rings. The number of nitrogens with one attached hydrogen (secondary N) is 2. The van der Waals surface area contributed by atoms with Crippen LogP contribution in [-0.2, 0) is 9.84 Å². The number of carbonyl (C=O) groups excluding carboxylic acids is 2. The van der Waals surface area contributed by atoms with E-state index >= 15 is 0 Å². The quantitative estimate of drug-likeness (QED) is 0.758. The van der Waals surface area contributed by atoms with Crippen LogP contribution in [0.5, 0.6) is 0 Å². The van der Waals surface area contributed by atoms with Crippen molar-refractivity contribution in [1.29, 1.82) is 0 Å². The van der Waals surface area contributed by atoms with Gasteiger partial charge in [0.1, 0.15) is 5.82 Å². The molecule has 1 saturated heterocycles. The summed E-state index contributed by atoms with van der Waals surface area (Å²) in [5.41, 5.74) is 0.516. The average Bonchev–Trinajstić information content (AvgIpc) is 2.71. The summed E-state index contributed by atoms with van der Waals surface area (Å²) in [7, 11) is -3.52. The van der Waals surface area contributed by atoms with Gasteiger partial charge in [-0.3, -0.25) is 4.79 Å². The van der Waals surface area contributed by atoms with Crippen molar-refractivity contribution < 1.29 is 22.4 Å². The summed E-state index contributed by atoms with van der Waals surface area (Å²) in [5.74, 6) is -0.736. The minimum Gasteiger partial charge on any atom is -0.338 e. The molecule has 1 aliphatic heterocycles. The van der Waals surface area contributed by atoms with Crippen LogP contribution in [0.2, 0.25) is 0 Å². The van der Waals surface area contributed by atoms with Crippen molar-refractivity contribution in [1.82, 2.24) is 10.2 Å². The van der Waals surface area contributed by atoms with Gasteiger partial charge >= 0.3 is 6.03 Å². The first kappa shape index (κ1) is 21.8. The van der Waals surface area contributed by atoms with Crippen LogP contribution >= 0.6 is 0 Å². The van der Waals surface area contributed by atoms with E-state index in [0.717, 1.165) is 19.1 Å². The van der Waals surface area contributed by atoms with Crippen molar-refractivity contribution in [2.75, 3.05) is 31.2 Å². The van der Waals surface area contributed by atoms with E-state index in [1.807, 2.05) is 0 Å². The molecule has 0 spiro atoms. The Balaban J connectivity index is 1.59. The van der Waals surface area contributed by atoms with Crippen LogP contribution in [0.4, 0.5) is 14.9 Å². The number of benzene rings is 2. The lowest BCUT2D eigenvalue weighted by Crippen LogP contribution is -2.44. The number of carbonyl (C=O) groups is 2. The van der Waals surface area contributed by atoms with E-state index in [4.69, 9.17) is 0 Å². The number of nitrogens with zero attached hydrogens (tertiary/aromatic N) is 1. The van der Waals surface area contributed by atoms with Crippen molar-refractivity contribution in [3.8, 4) is 0 Å². The second-order valence-electron chi connectivity index (χ2n) is 7.37. The van der Waals surface area contributed by atoms with E-state index < -0.39 is 21.7 Å².